The number of nitrogens with zero attached hydrogens (tertiary/aromatic N) is 1. The van der Waals surface area contributed by atoms with Gasteiger partial charge in [0.05, 0.1) is 0 Å². The van der Waals surface area contributed by atoms with Gasteiger partial charge in [-0.15, -0.1) is 0 Å². The van der Waals surface area contributed by atoms with Gasteiger partial charge in [0.25, 0.3) is 0 Å². The van der Waals surface area contributed by atoms with E-state index >= 15 is 0 Å². The average Bonchev–Trinajstić information content (AvgIpc) is 2.46. The van der Waals surface area contributed by atoms with Gasteiger partial charge in [-0.05, 0) is 29.8 Å². The minimum absolute atomic E-state index is 0.214. The molecule has 2 rings (SSSR count). The minimum Gasteiger partial charge on any atom is -0.444 e. The lowest BCUT2D eigenvalue weighted by molar-refractivity contribution is 0.148. The molecule has 0 N–H and O–H groups in total. The highest BCUT2D eigenvalue weighted by Gasteiger charge is 2.12. The topological polar surface area (TPSA) is 29.5 Å². The van der Waals surface area contributed by atoms with Crippen molar-refractivity contribution >= 4 is 11.8 Å². The second-order valence-electron chi connectivity index (χ2n) is 4.08. The molecule has 0 aliphatic heterocycles. The van der Waals surface area contributed by atoms with Crippen LogP contribution in [0.3, 0.4) is 0 Å². The first-order chi connectivity index (χ1) is 9.16. The molecule has 0 saturated carbocycles. The standard InChI is InChI=1S/C15H14FNO2/c1-17(14-9-7-13(16)8-10-14)15(18)19-11-12-5-3-2-4-6-12/h2-10H,11H2,1H3. The number of rotatable bonds is 3. The summed E-state index contributed by atoms with van der Waals surface area (Å²) in [6, 6.07) is 15.1. The van der Waals surface area contributed by atoms with Gasteiger partial charge in [0, 0.05) is 12.7 Å². The Balaban J connectivity index is 1.94. The summed E-state index contributed by atoms with van der Waals surface area (Å²) in [5.74, 6) is -0.338. The summed E-state index contributed by atoms with van der Waals surface area (Å²) in [4.78, 5) is 13.1. The lowest BCUT2D eigenvalue weighted by atomic mass is 10.2. The summed E-state index contributed by atoms with van der Waals surface area (Å²) in [7, 11) is 1.58. The predicted octanol–water partition coefficient (Wildman–Crippen LogP) is 3.60. The molecule has 0 bridgehead atoms. The Kier molecular flexibility index (Phi) is 4.13. The molecule has 2 aromatic rings. The highest BCUT2D eigenvalue weighted by molar-refractivity contribution is 5.86. The van der Waals surface area contributed by atoms with Crippen molar-refractivity contribution < 1.29 is 13.9 Å². The van der Waals surface area contributed by atoms with Crippen LogP contribution < -0.4 is 4.90 Å². The summed E-state index contributed by atoms with van der Waals surface area (Å²) in [5.41, 5.74) is 1.50. The van der Waals surface area contributed by atoms with Crippen LogP contribution >= 0.6 is 0 Å². The molecular formula is C15H14FNO2. The SMILES string of the molecule is CN(C(=O)OCc1ccccc1)c1ccc(F)cc1. The number of hydrogen-bond donors (Lipinski definition) is 0. The summed E-state index contributed by atoms with van der Waals surface area (Å²) >= 11 is 0. The van der Waals surface area contributed by atoms with Crippen LogP contribution in [-0.4, -0.2) is 13.1 Å². The van der Waals surface area contributed by atoms with Crippen LogP contribution in [0.1, 0.15) is 5.56 Å². The predicted molar refractivity (Wildman–Crippen MR) is 71.4 cm³/mol. The first-order valence-corrected chi connectivity index (χ1v) is 5.87. The van der Waals surface area contributed by atoms with Crippen molar-refractivity contribution in [3.05, 3.63) is 66.0 Å². The summed E-state index contributed by atoms with van der Waals surface area (Å²) in [6.07, 6.45) is -0.476. The van der Waals surface area contributed by atoms with Crippen molar-refractivity contribution in [3.8, 4) is 0 Å². The molecule has 4 heteroatoms. The van der Waals surface area contributed by atoms with Crippen LogP contribution in [-0.2, 0) is 11.3 Å². The van der Waals surface area contributed by atoms with E-state index in [9.17, 15) is 9.18 Å². The molecule has 0 radical (unpaired) electrons. The van der Waals surface area contributed by atoms with Gasteiger partial charge in [-0.1, -0.05) is 30.3 Å². The van der Waals surface area contributed by atoms with Crippen molar-refractivity contribution in [2.24, 2.45) is 0 Å². The van der Waals surface area contributed by atoms with Crippen LogP contribution in [0, 0.1) is 5.82 Å². The third-order valence-electron chi connectivity index (χ3n) is 2.69. The van der Waals surface area contributed by atoms with Crippen molar-refractivity contribution in [2.45, 2.75) is 6.61 Å². The third kappa shape index (κ3) is 3.55. The molecular weight excluding hydrogens is 245 g/mol. The molecule has 0 aliphatic carbocycles. The zero-order chi connectivity index (χ0) is 13.7. The van der Waals surface area contributed by atoms with Crippen molar-refractivity contribution in [1.82, 2.24) is 0 Å². The van der Waals surface area contributed by atoms with E-state index in [4.69, 9.17) is 4.74 Å². The second-order valence-corrected chi connectivity index (χ2v) is 4.08. The third-order valence-corrected chi connectivity index (χ3v) is 2.69. The number of ether oxygens (including phenoxy) is 1. The highest BCUT2D eigenvalue weighted by atomic mass is 19.1. The monoisotopic (exact) mass is 259 g/mol. The smallest absolute Gasteiger partial charge is 0.414 e. The average molecular weight is 259 g/mol. The summed E-state index contributed by atoms with van der Waals surface area (Å²) in [6.45, 7) is 0.214. The van der Waals surface area contributed by atoms with Gasteiger partial charge >= 0.3 is 6.09 Å². The van der Waals surface area contributed by atoms with Crippen LogP contribution in [0.25, 0.3) is 0 Å². The van der Waals surface area contributed by atoms with E-state index in [0.29, 0.717) is 5.69 Å². The number of carbonyl (C=O) groups is 1. The first-order valence-electron chi connectivity index (χ1n) is 5.87. The fraction of sp³-hybridized carbons (Fsp3) is 0.133. The molecule has 0 aliphatic rings. The minimum atomic E-state index is -0.476. The molecule has 0 saturated heterocycles. The van der Waals surface area contributed by atoms with Gasteiger partial charge in [-0.3, -0.25) is 4.90 Å². The van der Waals surface area contributed by atoms with Crippen LogP contribution in [0.5, 0.6) is 0 Å². The number of anilines is 1. The molecule has 0 spiro atoms. The Morgan fingerprint density at radius 2 is 1.74 bits per heavy atom. The lowest BCUT2D eigenvalue weighted by Crippen LogP contribution is -2.26. The Morgan fingerprint density at radius 1 is 1.11 bits per heavy atom. The van der Waals surface area contributed by atoms with Crippen LogP contribution in [0.2, 0.25) is 0 Å². The van der Waals surface area contributed by atoms with Gasteiger partial charge < -0.3 is 4.74 Å². The number of halogens is 1. The summed E-state index contributed by atoms with van der Waals surface area (Å²) in [5, 5.41) is 0. The van der Waals surface area contributed by atoms with Gasteiger partial charge in [0.15, 0.2) is 0 Å². The molecule has 0 unspecified atom stereocenters. The Hall–Kier alpha value is -2.36. The Labute approximate surface area is 111 Å². The van der Waals surface area contributed by atoms with E-state index in [0.717, 1.165) is 5.56 Å². The maximum absolute atomic E-state index is 12.8. The van der Waals surface area contributed by atoms with Gasteiger partial charge in [0.1, 0.15) is 12.4 Å². The molecule has 3 nitrogen and oxygen atoms in total. The fourth-order valence-electron chi connectivity index (χ4n) is 1.59. The molecule has 98 valence electrons. The molecule has 1 amide bonds. The molecule has 19 heavy (non-hydrogen) atoms. The van der Waals surface area contributed by atoms with Gasteiger partial charge in [-0.25, -0.2) is 9.18 Å². The van der Waals surface area contributed by atoms with Crippen molar-refractivity contribution in [2.75, 3.05) is 11.9 Å². The fourth-order valence-corrected chi connectivity index (χ4v) is 1.59. The largest absolute Gasteiger partial charge is 0.444 e. The number of carbonyl (C=O) groups excluding carboxylic acids is 1. The molecule has 2 aromatic carbocycles. The van der Waals surface area contributed by atoms with E-state index in [1.54, 1.807) is 7.05 Å². The molecule has 0 heterocycles. The maximum Gasteiger partial charge on any atom is 0.414 e. The van der Waals surface area contributed by atoms with Gasteiger partial charge in [0.2, 0.25) is 0 Å². The van der Waals surface area contributed by atoms with E-state index in [1.807, 2.05) is 30.3 Å². The number of hydrogen-bond acceptors (Lipinski definition) is 2. The van der Waals surface area contributed by atoms with Crippen LogP contribution in [0.4, 0.5) is 14.9 Å². The Morgan fingerprint density at radius 3 is 2.37 bits per heavy atom. The zero-order valence-electron chi connectivity index (χ0n) is 10.5. The lowest BCUT2D eigenvalue weighted by Gasteiger charge is -2.17. The van der Waals surface area contributed by atoms with Crippen molar-refractivity contribution in [3.63, 3.8) is 0 Å². The quantitative estimate of drug-likeness (QED) is 0.842. The normalized spacial score (nSPS) is 10.0. The van der Waals surface area contributed by atoms with E-state index < -0.39 is 6.09 Å². The van der Waals surface area contributed by atoms with Crippen LogP contribution in [0.15, 0.2) is 54.6 Å². The first kappa shape index (κ1) is 13.1. The summed E-state index contributed by atoms with van der Waals surface area (Å²) < 4.78 is 18.0. The van der Waals surface area contributed by atoms with E-state index in [-0.39, 0.29) is 12.4 Å². The number of benzene rings is 2. The van der Waals surface area contributed by atoms with E-state index in [2.05, 4.69) is 0 Å². The Bertz CT molecular complexity index is 540. The zero-order valence-corrected chi connectivity index (χ0v) is 10.5. The molecule has 0 atom stereocenters. The van der Waals surface area contributed by atoms with Gasteiger partial charge in [-0.2, -0.15) is 0 Å². The molecule has 0 aromatic heterocycles. The number of amides is 1. The van der Waals surface area contributed by atoms with E-state index in [1.165, 1.54) is 29.2 Å². The highest BCUT2D eigenvalue weighted by Crippen LogP contribution is 2.14. The maximum atomic E-state index is 12.8. The van der Waals surface area contributed by atoms with Crippen molar-refractivity contribution in [1.29, 1.82) is 0 Å². The molecule has 0 fully saturated rings. The second kappa shape index (κ2) is 6.00.